The third-order valence-electron chi connectivity index (χ3n) is 3.71. The summed E-state index contributed by atoms with van der Waals surface area (Å²) in [6, 6.07) is 5.44. The fourth-order valence-electron chi connectivity index (χ4n) is 2.47. The zero-order chi connectivity index (χ0) is 13.9. The highest BCUT2D eigenvalue weighted by Gasteiger charge is 2.34. The summed E-state index contributed by atoms with van der Waals surface area (Å²) in [7, 11) is -3.77. The summed E-state index contributed by atoms with van der Waals surface area (Å²) in [6.45, 7) is 0.356. The maximum atomic E-state index is 13.5. The number of halogens is 2. The highest BCUT2D eigenvalue weighted by Crippen LogP contribution is 2.39. The molecule has 0 bridgehead atoms. The number of rotatable bonds is 5. The number of nitrogens with one attached hydrogen (secondary N) is 1. The van der Waals surface area contributed by atoms with Crippen molar-refractivity contribution in [3.63, 3.8) is 0 Å². The first-order valence-corrected chi connectivity index (χ1v) is 8.90. The van der Waals surface area contributed by atoms with Crippen LogP contribution in [0.15, 0.2) is 29.2 Å². The first-order valence-electron chi connectivity index (χ1n) is 6.29. The lowest BCUT2D eigenvalue weighted by atomic mass is 9.89. The molecule has 0 heterocycles. The average molecular weight is 350 g/mol. The molecule has 0 aliphatic heterocycles. The molecule has 1 aliphatic carbocycles. The van der Waals surface area contributed by atoms with E-state index in [9.17, 15) is 12.8 Å². The van der Waals surface area contributed by atoms with E-state index in [0.717, 1.165) is 37.1 Å². The molecule has 106 valence electrons. The molecule has 0 amide bonds. The summed E-state index contributed by atoms with van der Waals surface area (Å²) < 4.78 is 40.3. The summed E-state index contributed by atoms with van der Waals surface area (Å²) in [5, 5.41) is 0.764. The van der Waals surface area contributed by atoms with Crippen molar-refractivity contribution in [2.24, 2.45) is 5.41 Å². The summed E-state index contributed by atoms with van der Waals surface area (Å²) in [5.74, 6) is -0.714. The van der Waals surface area contributed by atoms with Gasteiger partial charge in [-0.15, -0.1) is 0 Å². The Kier molecular flexibility index (Phi) is 4.63. The maximum Gasteiger partial charge on any atom is 0.243 e. The van der Waals surface area contributed by atoms with Crippen molar-refractivity contribution in [3.05, 3.63) is 30.1 Å². The lowest BCUT2D eigenvalue weighted by Crippen LogP contribution is -2.37. The van der Waals surface area contributed by atoms with E-state index in [1.807, 2.05) is 0 Å². The number of hydrogen-bond donors (Lipinski definition) is 1. The molecule has 0 spiro atoms. The SMILES string of the molecule is O=S(=O)(NCC1(CBr)CCCC1)c1ccccc1F. The summed E-state index contributed by atoms with van der Waals surface area (Å²) in [6.07, 6.45) is 4.23. The van der Waals surface area contributed by atoms with Crippen LogP contribution in [-0.2, 0) is 10.0 Å². The molecule has 1 saturated carbocycles. The molecule has 1 fully saturated rings. The molecule has 3 nitrogen and oxygen atoms in total. The molecule has 0 saturated heterocycles. The second-order valence-corrected chi connectivity index (χ2v) is 7.39. The van der Waals surface area contributed by atoms with Gasteiger partial charge >= 0.3 is 0 Å². The maximum absolute atomic E-state index is 13.5. The van der Waals surface area contributed by atoms with Crippen LogP contribution in [0.4, 0.5) is 4.39 Å². The molecule has 1 aromatic rings. The molecular weight excluding hydrogens is 333 g/mol. The van der Waals surface area contributed by atoms with Crippen molar-refractivity contribution in [2.45, 2.75) is 30.6 Å². The van der Waals surface area contributed by atoms with E-state index in [1.165, 1.54) is 18.2 Å². The summed E-state index contributed by atoms with van der Waals surface area (Å²) in [5.41, 5.74) is -0.0294. The zero-order valence-corrected chi connectivity index (χ0v) is 12.9. The van der Waals surface area contributed by atoms with E-state index < -0.39 is 15.8 Å². The number of sulfonamides is 1. The van der Waals surface area contributed by atoms with Crippen LogP contribution in [-0.4, -0.2) is 20.3 Å². The molecule has 0 unspecified atom stereocenters. The standard InChI is InChI=1S/C13H17BrFNO2S/c14-9-13(7-3-4-8-13)10-16-19(17,18)12-6-2-1-5-11(12)15/h1-2,5-6,16H,3-4,7-10H2. The highest BCUT2D eigenvalue weighted by molar-refractivity contribution is 9.09. The quantitative estimate of drug-likeness (QED) is 0.830. The van der Waals surface area contributed by atoms with E-state index in [1.54, 1.807) is 0 Å². The monoisotopic (exact) mass is 349 g/mol. The predicted molar refractivity (Wildman–Crippen MR) is 76.3 cm³/mol. The molecule has 19 heavy (non-hydrogen) atoms. The van der Waals surface area contributed by atoms with Crippen LogP contribution in [0, 0.1) is 11.2 Å². The van der Waals surface area contributed by atoms with Crippen molar-refractivity contribution < 1.29 is 12.8 Å². The topological polar surface area (TPSA) is 46.2 Å². The Balaban J connectivity index is 2.12. The van der Waals surface area contributed by atoms with Crippen LogP contribution in [0.1, 0.15) is 25.7 Å². The Labute approximate surface area is 121 Å². The van der Waals surface area contributed by atoms with Crippen LogP contribution >= 0.6 is 15.9 Å². The Morgan fingerprint density at radius 3 is 2.47 bits per heavy atom. The van der Waals surface area contributed by atoms with Crippen molar-refractivity contribution >= 4 is 26.0 Å². The van der Waals surface area contributed by atoms with Gasteiger partial charge in [-0.05, 0) is 30.4 Å². The van der Waals surface area contributed by atoms with Gasteiger partial charge in [0.25, 0.3) is 0 Å². The predicted octanol–water partition coefficient (Wildman–Crippen LogP) is 3.06. The number of hydrogen-bond acceptors (Lipinski definition) is 2. The van der Waals surface area contributed by atoms with Gasteiger partial charge in [-0.2, -0.15) is 0 Å². The third-order valence-corrected chi connectivity index (χ3v) is 6.34. The Morgan fingerprint density at radius 1 is 1.26 bits per heavy atom. The van der Waals surface area contributed by atoms with Gasteiger partial charge in [0.05, 0.1) is 0 Å². The van der Waals surface area contributed by atoms with Crippen molar-refractivity contribution in [3.8, 4) is 0 Å². The molecule has 1 N–H and O–H groups in total. The van der Waals surface area contributed by atoms with Gasteiger partial charge in [-0.1, -0.05) is 40.9 Å². The van der Waals surface area contributed by atoms with Crippen LogP contribution in [0.3, 0.4) is 0 Å². The molecule has 0 aromatic heterocycles. The highest BCUT2D eigenvalue weighted by atomic mass is 79.9. The van der Waals surface area contributed by atoms with Gasteiger partial charge in [-0.3, -0.25) is 0 Å². The zero-order valence-electron chi connectivity index (χ0n) is 10.5. The average Bonchev–Trinajstić information content (AvgIpc) is 2.86. The van der Waals surface area contributed by atoms with E-state index in [-0.39, 0.29) is 10.3 Å². The second-order valence-electron chi connectivity index (χ2n) is 5.10. The minimum absolute atomic E-state index is 0.0294. The minimum atomic E-state index is -3.77. The van der Waals surface area contributed by atoms with Crippen molar-refractivity contribution in [1.82, 2.24) is 4.72 Å². The smallest absolute Gasteiger partial charge is 0.210 e. The Morgan fingerprint density at radius 2 is 1.89 bits per heavy atom. The number of benzene rings is 1. The molecule has 1 aromatic carbocycles. The summed E-state index contributed by atoms with van der Waals surface area (Å²) in [4.78, 5) is -0.280. The lowest BCUT2D eigenvalue weighted by Gasteiger charge is -2.26. The molecule has 6 heteroatoms. The molecule has 0 atom stereocenters. The molecular formula is C13H17BrFNO2S. The first-order chi connectivity index (χ1) is 8.99. The van der Waals surface area contributed by atoms with Crippen LogP contribution in [0.5, 0.6) is 0 Å². The van der Waals surface area contributed by atoms with Gasteiger partial charge in [0.2, 0.25) is 10.0 Å². The van der Waals surface area contributed by atoms with Crippen LogP contribution in [0.2, 0.25) is 0 Å². The Bertz CT molecular complexity index is 541. The molecule has 2 rings (SSSR count). The van der Waals surface area contributed by atoms with Crippen molar-refractivity contribution in [2.75, 3.05) is 11.9 Å². The van der Waals surface area contributed by atoms with E-state index in [0.29, 0.717) is 6.54 Å². The fraction of sp³-hybridized carbons (Fsp3) is 0.538. The van der Waals surface area contributed by atoms with Gasteiger partial charge < -0.3 is 0 Å². The lowest BCUT2D eigenvalue weighted by molar-refractivity contribution is 0.347. The van der Waals surface area contributed by atoms with Crippen molar-refractivity contribution in [1.29, 1.82) is 0 Å². The van der Waals surface area contributed by atoms with E-state index in [2.05, 4.69) is 20.7 Å². The fourth-order valence-corrected chi connectivity index (χ4v) is 4.46. The van der Waals surface area contributed by atoms with Gasteiger partial charge in [0.1, 0.15) is 10.7 Å². The largest absolute Gasteiger partial charge is 0.243 e. The summed E-state index contributed by atoms with van der Waals surface area (Å²) >= 11 is 3.46. The van der Waals surface area contributed by atoms with Gasteiger partial charge in [-0.25, -0.2) is 17.5 Å². The second kappa shape index (κ2) is 5.89. The third kappa shape index (κ3) is 3.35. The van der Waals surface area contributed by atoms with E-state index >= 15 is 0 Å². The molecule has 0 radical (unpaired) electrons. The molecule has 1 aliphatic rings. The Hall–Kier alpha value is -0.460. The minimum Gasteiger partial charge on any atom is -0.210 e. The van der Waals surface area contributed by atoms with Gasteiger partial charge in [0, 0.05) is 11.9 Å². The first kappa shape index (κ1) is 14.9. The normalized spacial score (nSPS) is 18.6. The van der Waals surface area contributed by atoms with E-state index in [4.69, 9.17) is 0 Å². The van der Waals surface area contributed by atoms with Gasteiger partial charge in [0.15, 0.2) is 0 Å². The van der Waals surface area contributed by atoms with Crippen LogP contribution in [0.25, 0.3) is 0 Å². The number of alkyl halides is 1. The van der Waals surface area contributed by atoms with Crippen LogP contribution < -0.4 is 4.72 Å².